The SMILES string of the molecule is CCCCCCCCCCCCCCCCCC(CCCCCCCCCCCCCCCCC)N(CC(=O)NCCCN)C(=O)CNC(=O)[C@@H](N)CCCN. The molecule has 0 heterocycles. The summed E-state index contributed by atoms with van der Waals surface area (Å²) in [7, 11) is 0. The third-order valence-electron chi connectivity index (χ3n) is 11.5. The van der Waals surface area contributed by atoms with Crippen molar-refractivity contribution in [3.8, 4) is 0 Å². The van der Waals surface area contributed by atoms with Gasteiger partial charge in [-0.15, -0.1) is 0 Å². The van der Waals surface area contributed by atoms with Crippen molar-refractivity contribution in [2.75, 3.05) is 32.7 Å². The topological polar surface area (TPSA) is 157 Å². The third-order valence-corrected chi connectivity index (χ3v) is 11.5. The molecule has 0 fully saturated rings. The second-order valence-electron chi connectivity index (χ2n) is 16.9. The normalized spacial score (nSPS) is 12.0. The molecular weight excluding hydrogens is 697 g/mol. The lowest BCUT2D eigenvalue weighted by Crippen LogP contribution is -2.51. The molecule has 8 N–H and O–H groups in total. The number of nitrogens with one attached hydrogen (secondary N) is 2. The summed E-state index contributed by atoms with van der Waals surface area (Å²) in [6.45, 7) is 5.86. The Morgan fingerprint density at radius 1 is 0.464 bits per heavy atom. The molecule has 0 aromatic heterocycles. The minimum Gasteiger partial charge on any atom is -0.355 e. The molecule has 3 amide bonds. The van der Waals surface area contributed by atoms with Gasteiger partial charge < -0.3 is 32.7 Å². The van der Waals surface area contributed by atoms with Crippen LogP contribution in [0.25, 0.3) is 0 Å². The maximum atomic E-state index is 13.8. The van der Waals surface area contributed by atoms with E-state index >= 15 is 0 Å². The quantitative estimate of drug-likeness (QED) is 0.0387. The summed E-state index contributed by atoms with van der Waals surface area (Å²) in [5.74, 6) is -0.735. The molecule has 0 aromatic carbocycles. The van der Waals surface area contributed by atoms with Gasteiger partial charge >= 0.3 is 0 Å². The van der Waals surface area contributed by atoms with E-state index in [4.69, 9.17) is 17.2 Å². The lowest BCUT2D eigenvalue weighted by atomic mass is 9.98. The third kappa shape index (κ3) is 35.5. The van der Waals surface area contributed by atoms with Crippen LogP contribution in [-0.4, -0.2) is 67.4 Å². The fourth-order valence-electron chi connectivity index (χ4n) is 7.78. The predicted octanol–water partition coefficient (Wildman–Crippen LogP) is 10.4. The summed E-state index contributed by atoms with van der Waals surface area (Å²) in [5, 5.41) is 5.69. The van der Waals surface area contributed by atoms with Gasteiger partial charge in [-0.05, 0) is 45.2 Å². The molecule has 9 nitrogen and oxygen atoms in total. The first-order chi connectivity index (χ1) is 27.4. The Kier molecular flexibility index (Phi) is 41.6. The molecule has 332 valence electrons. The van der Waals surface area contributed by atoms with E-state index in [9.17, 15) is 14.4 Å². The smallest absolute Gasteiger partial charge is 0.242 e. The molecule has 0 radical (unpaired) electrons. The number of nitrogens with two attached hydrogens (primary N) is 3. The fraction of sp³-hybridized carbons (Fsp3) is 0.936. The first kappa shape index (κ1) is 54.3. The maximum Gasteiger partial charge on any atom is 0.242 e. The van der Waals surface area contributed by atoms with Crippen molar-refractivity contribution >= 4 is 17.7 Å². The monoisotopic (exact) mass is 793 g/mol. The van der Waals surface area contributed by atoms with Crippen LogP contribution in [0.4, 0.5) is 0 Å². The minimum absolute atomic E-state index is 0.000644. The van der Waals surface area contributed by atoms with Crippen molar-refractivity contribution in [1.29, 1.82) is 0 Å². The van der Waals surface area contributed by atoms with Gasteiger partial charge in [-0.2, -0.15) is 0 Å². The van der Waals surface area contributed by atoms with E-state index in [0.29, 0.717) is 38.9 Å². The van der Waals surface area contributed by atoms with Gasteiger partial charge in [0, 0.05) is 12.6 Å². The summed E-state index contributed by atoms with van der Waals surface area (Å²) in [5.41, 5.74) is 17.3. The number of carbonyl (C=O) groups is 3. The van der Waals surface area contributed by atoms with Crippen LogP contribution in [0.2, 0.25) is 0 Å². The molecule has 0 aliphatic carbocycles. The molecule has 0 saturated carbocycles. The van der Waals surface area contributed by atoms with Crippen molar-refractivity contribution in [2.45, 2.75) is 251 Å². The molecule has 56 heavy (non-hydrogen) atoms. The van der Waals surface area contributed by atoms with Gasteiger partial charge in [0.05, 0.1) is 19.1 Å². The van der Waals surface area contributed by atoms with E-state index < -0.39 is 6.04 Å². The van der Waals surface area contributed by atoms with E-state index in [-0.39, 0.29) is 36.9 Å². The van der Waals surface area contributed by atoms with Crippen LogP contribution in [-0.2, 0) is 14.4 Å². The number of hydrogen-bond acceptors (Lipinski definition) is 6. The highest BCUT2D eigenvalue weighted by Gasteiger charge is 2.26. The minimum atomic E-state index is -0.698. The van der Waals surface area contributed by atoms with Crippen LogP contribution >= 0.6 is 0 Å². The molecule has 1 atom stereocenters. The van der Waals surface area contributed by atoms with Crippen molar-refractivity contribution in [3.05, 3.63) is 0 Å². The highest BCUT2D eigenvalue weighted by Crippen LogP contribution is 2.21. The number of carbonyl (C=O) groups excluding carboxylic acids is 3. The highest BCUT2D eigenvalue weighted by atomic mass is 16.2. The first-order valence-electron chi connectivity index (χ1n) is 24.4. The summed E-state index contributed by atoms with van der Waals surface area (Å²) >= 11 is 0. The van der Waals surface area contributed by atoms with Crippen LogP contribution in [0.1, 0.15) is 239 Å². The van der Waals surface area contributed by atoms with E-state index in [0.717, 1.165) is 38.5 Å². The Morgan fingerprint density at radius 3 is 1.18 bits per heavy atom. The van der Waals surface area contributed by atoms with Crippen molar-refractivity contribution in [3.63, 3.8) is 0 Å². The van der Waals surface area contributed by atoms with Gasteiger partial charge in [-0.3, -0.25) is 14.4 Å². The van der Waals surface area contributed by atoms with Gasteiger partial charge in [0.1, 0.15) is 0 Å². The lowest BCUT2D eigenvalue weighted by Gasteiger charge is -2.32. The van der Waals surface area contributed by atoms with E-state index in [2.05, 4.69) is 24.5 Å². The number of nitrogens with zero attached hydrogens (tertiary/aromatic N) is 1. The average molecular weight is 793 g/mol. The van der Waals surface area contributed by atoms with Crippen LogP contribution in [0.5, 0.6) is 0 Å². The molecule has 0 rings (SSSR count). The van der Waals surface area contributed by atoms with Crippen LogP contribution in [0.3, 0.4) is 0 Å². The number of amides is 3. The average Bonchev–Trinajstić information content (AvgIpc) is 3.20. The fourth-order valence-corrected chi connectivity index (χ4v) is 7.78. The first-order valence-corrected chi connectivity index (χ1v) is 24.4. The van der Waals surface area contributed by atoms with E-state index in [1.807, 2.05) is 0 Å². The standard InChI is InChI=1S/C47H96N6O3/c1-3-5-7-9-11-13-15-17-19-21-23-25-27-29-31-35-43(36-32-30-28-26-24-22-20-18-16-14-12-10-8-6-4-2)53(42-45(54)51-40-34-39-49)46(55)41-52-47(56)44(50)37-33-38-48/h43-44H,3-42,48-50H2,1-2H3,(H,51,54)(H,52,56)/t44-/m0/s1. The van der Waals surface area contributed by atoms with Gasteiger partial charge in [-0.1, -0.05) is 206 Å². The molecule has 0 aliphatic rings. The molecule has 0 aromatic rings. The highest BCUT2D eigenvalue weighted by molar-refractivity contribution is 5.89. The van der Waals surface area contributed by atoms with E-state index in [1.54, 1.807) is 4.90 Å². The Labute approximate surface area is 347 Å². The summed E-state index contributed by atoms with van der Waals surface area (Å²) in [4.78, 5) is 41.2. The molecule has 0 bridgehead atoms. The maximum absolute atomic E-state index is 13.8. The predicted molar refractivity (Wildman–Crippen MR) is 241 cm³/mol. The zero-order chi connectivity index (χ0) is 41.2. The largest absolute Gasteiger partial charge is 0.355 e. The van der Waals surface area contributed by atoms with Gasteiger partial charge in [0.15, 0.2) is 0 Å². The van der Waals surface area contributed by atoms with Gasteiger partial charge in [0.2, 0.25) is 17.7 Å². The second kappa shape index (κ2) is 42.9. The zero-order valence-electron chi connectivity index (χ0n) is 37.3. The molecule has 0 aliphatic heterocycles. The van der Waals surface area contributed by atoms with Crippen LogP contribution < -0.4 is 27.8 Å². The lowest BCUT2D eigenvalue weighted by molar-refractivity contribution is -0.139. The van der Waals surface area contributed by atoms with Crippen LogP contribution in [0.15, 0.2) is 0 Å². The molecular formula is C47H96N6O3. The Bertz CT molecular complexity index is 841. The molecule has 0 unspecified atom stereocenters. The van der Waals surface area contributed by atoms with Crippen molar-refractivity contribution < 1.29 is 14.4 Å². The van der Waals surface area contributed by atoms with Crippen LogP contribution in [0, 0.1) is 0 Å². The van der Waals surface area contributed by atoms with E-state index in [1.165, 1.54) is 167 Å². The molecule has 0 saturated heterocycles. The number of rotatable bonds is 44. The Balaban J connectivity index is 4.98. The van der Waals surface area contributed by atoms with Crippen molar-refractivity contribution in [2.24, 2.45) is 17.2 Å². The molecule has 0 spiro atoms. The van der Waals surface area contributed by atoms with Crippen molar-refractivity contribution in [1.82, 2.24) is 15.5 Å². The zero-order valence-corrected chi connectivity index (χ0v) is 37.3. The Hall–Kier alpha value is -1.71. The summed E-state index contributed by atoms with van der Waals surface area (Å²) in [6, 6.07) is -0.731. The summed E-state index contributed by atoms with van der Waals surface area (Å²) in [6.07, 6.45) is 43.0. The van der Waals surface area contributed by atoms with Gasteiger partial charge in [-0.25, -0.2) is 0 Å². The summed E-state index contributed by atoms with van der Waals surface area (Å²) < 4.78 is 0. The number of unbranched alkanes of at least 4 members (excludes halogenated alkanes) is 28. The molecule has 9 heteroatoms. The Morgan fingerprint density at radius 2 is 0.821 bits per heavy atom. The number of hydrogen-bond donors (Lipinski definition) is 5. The van der Waals surface area contributed by atoms with Gasteiger partial charge in [0.25, 0.3) is 0 Å². The second-order valence-corrected chi connectivity index (χ2v) is 16.9.